The smallest absolute Gasteiger partial charge is 0.408 e. The monoisotopic (exact) mass is 375 g/mol. The number of carboxylic acids is 1. The first-order valence-electron chi connectivity index (χ1n) is 7.27. The van der Waals surface area contributed by atoms with Crippen molar-refractivity contribution < 1.29 is 41.8 Å². The third-order valence-corrected chi connectivity index (χ3v) is 4.62. The average molecular weight is 375 g/mol. The lowest BCUT2D eigenvalue weighted by Gasteiger charge is -2.28. The minimum Gasteiger partial charge on any atom is -0.480 e. The quantitative estimate of drug-likeness (QED) is 0.595. The van der Waals surface area contributed by atoms with Crippen LogP contribution in [0.1, 0.15) is 41.0 Å². The second kappa shape index (κ2) is 8.73. The zero-order chi connectivity index (χ0) is 19.2. The van der Waals surface area contributed by atoms with Gasteiger partial charge in [0.05, 0.1) is 19.6 Å². The van der Waals surface area contributed by atoms with E-state index in [2.05, 4.69) is 9.05 Å². The fraction of sp³-hybridized carbons (Fsp3) is 0.846. The van der Waals surface area contributed by atoms with Crippen molar-refractivity contribution in [2.75, 3.05) is 13.2 Å². The van der Waals surface area contributed by atoms with Gasteiger partial charge in [-0.15, -0.1) is 0 Å². The van der Waals surface area contributed by atoms with Crippen molar-refractivity contribution in [3.63, 3.8) is 0 Å². The van der Waals surface area contributed by atoms with Gasteiger partial charge in [-0.3, -0.25) is 4.57 Å². The topological polar surface area (TPSA) is 111 Å². The van der Waals surface area contributed by atoms with Gasteiger partial charge in [0.1, 0.15) is 11.6 Å². The van der Waals surface area contributed by atoms with Crippen LogP contribution in [-0.4, -0.2) is 47.7 Å². The van der Waals surface area contributed by atoms with E-state index in [1.807, 2.05) is 5.32 Å². The van der Waals surface area contributed by atoms with Gasteiger partial charge in [0.15, 0.2) is 0 Å². The second-order valence-corrected chi connectivity index (χ2v) is 7.91. The molecule has 0 radical (unpaired) electrons. The molecule has 11 heteroatoms. The molecule has 0 spiro atoms. The highest BCUT2D eigenvalue weighted by molar-refractivity contribution is 7.55. The number of amides is 1. The second-order valence-electron chi connectivity index (χ2n) is 5.74. The molecule has 1 amide bonds. The van der Waals surface area contributed by atoms with Gasteiger partial charge in [-0.25, -0.2) is 9.59 Å². The van der Waals surface area contributed by atoms with E-state index in [0.29, 0.717) is 0 Å². The van der Waals surface area contributed by atoms with Crippen molar-refractivity contribution in [1.29, 1.82) is 0 Å². The number of halogens is 2. The normalized spacial score (nSPS) is 14.1. The summed E-state index contributed by atoms with van der Waals surface area (Å²) in [5.41, 5.74) is -5.06. The lowest BCUT2D eigenvalue weighted by molar-refractivity contribution is -0.141. The Morgan fingerprint density at radius 2 is 1.62 bits per heavy atom. The van der Waals surface area contributed by atoms with Crippen LogP contribution in [0, 0.1) is 0 Å². The van der Waals surface area contributed by atoms with E-state index in [1.165, 1.54) is 34.6 Å². The van der Waals surface area contributed by atoms with Crippen molar-refractivity contribution >= 4 is 19.7 Å². The number of alkyl halides is 2. The fourth-order valence-corrected chi connectivity index (χ4v) is 3.11. The van der Waals surface area contributed by atoms with Gasteiger partial charge in [-0.05, 0) is 34.6 Å². The van der Waals surface area contributed by atoms with Crippen LogP contribution in [0.4, 0.5) is 13.6 Å². The lowest BCUT2D eigenvalue weighted by Crippen LogP contribution is -2.46. The average Bonchev–Trinajstić information content (AvgIpc) is 2.35. The number of carboxylic acid groups (broad SMARTS) is 1. The first-order valence-corrected chi connectivity index (χ1v) is 8.81. The van der Waals surface area contributed by atoms with Crippen LogP contribution in [0.2, 0.25) is 0 Å². The molecular formula is C13H24F2NO7P. The minimum atomic E-state index is -4.89. The van der Waals surface area contributed by atoms with Crippen LogP contribution < -0.4 is 5.32 Å². The molecule has 24 heavy (non-hydrogen) atoms. The van der Waals surface area contributed by atoms with E-state index in [4.69, 9.17) is 9.84 Å². The predicted octanol–water partition coefficient (Wildman–Crippen LogP) is 3.21. The largest absolute Gasteiger partial charge is 0.480 e. The number of hydrogen-bond donors (Lipinski definition) is 2. The number of rotatable bonds is 9. The van der Waals surface area contributed by atoms with Gasteiger partial charge in [-0.2, -0.15) is 8.78 Å². The first-order chi connectivity index (χ1) is 10.8. The van der Waals surface area contributed by atoms with Crippen molar-refractivity contribution in [1.82, 2.24) is 5.32 Å². The van der Waals surface area contributed by atoms with E-state index in [-0.39, 0.29) is 13.2 Å². The van der Waals surface area contributed by atoms with Crippen LogP contribution in [0.5, 0.6) is 0 Å². The van der Waals surface area contributed by atoms with Crippen molar-refractivity contribution in [3.05, 3.63) is 0 Å². The summed E-state index contributed by atoms with van der Waals surface area (Å²) < 4.78 is 54.6. The molecule has 1 atom stereocenters. The summed E-state index contributed by atoms with van der Waals surface area (Å²) in [6.45, 7) is 6.62. The predicted molar refractivity (Wildman–Crippen MR) is 81.2 cm³/mol. The van der Waals surface area contributed by atoms with Crippen LogP contribution in [-0.2, 0) is 23.1 Å². The van der Waals surface area contributed by atoms with E-state index < -0.39 is 43.4 Å². The molecule has 1 unspecified atom stereocenters. The molecule has 142 valence electrons. The maximum absolute atomic E-state index is 14.3. The van der Waals surface area contributed by atoms with Gasteiger partial charge < -0.3 is 24.2 Å². The fourth-order valence-electron chi connectivity index (χ4n) is 1.57. The van der Waals surface area contributed by atoms with Gasteiger partial charge in [0.2, 0.25) is 0 Å². The van der Waals surface area contributed by atoms with E-state index in [9.17, 15) is 22.9 Å². The van der Waals surface area contributed by atoms with Crippen LogP contribution in [0.15, 0.2) is 0 Å². The maximum atomic E-state index is 14.3. The molecule has 0 aromatic rings. The summed E-state index contributed by atoms with van der Waals surface area (Å²) >= 11 is 0. The standard InChI is InChI=1S/C13H24F2NO7P/c1-6-21-24(20,22-7-2)13(14,15)8-9(10(17)18)16-11(19)23-12(3,4)5/h9H,6-8H2,1-5H3,(H,16,19)(H,17,18). The zero-order valence-corrected chi connectivity index (χ0v) is 15.2. The Kier molecular flexibility index (Phi) is 8.28. The third-order valence-electron chi connectivity index (χ3n) is 2.44. The highest BCUT2D eigenvalue weighted by Crippen LogP contribution is 2.63. The summed E-state index contributed by atoms with van der Waals surface area (Å²) in [6, 6.07) is -2.04. The molecule has 0 heterocycles. The number of aliphatic carboxylic acids is 1. The van der Waals surface area contributed by atoms with Crippen LogP contribution in [0.3, 0.4) is 0 Å². The van der Waals surface area contributed by atoms with Crippen molar-refractivity contribution in [2.24, 2.45) is 0 Å². The summed E-state index contributed by atoms with van der Waals surface area (Å²) in [4.78, 5) is 22.7. The number of nitrogens with one attached hydrogen (secondary N) is 1. The molecule has 0 saturated carbocycles. The molecule has 0 aliphatic heterocycles. The molecule has 0 saturated heterocycles. The van der Waals surface area contributed by atoms with Crippen molar-refractivity contribution in [3.8, 4) is 0 Å². The number of hydrogen-bond acceptors (Lipinski definition) is 6. The van der Waals surface area contributed by atoms with Gasteiger partial charge in [0, 0.05) is 0 Å². The number of alkyl carbamates (subject to hydrolysis) is 1. The van der Waals surface area contributed by atoms with E-state index >= 15 is 0 Å². The Morgan fingerprint density at radius 1 is 1.17 bits per heavy atom. The molecule has 0 aliphatic rings. The van der Waals surface area contributed by atoms with E-state index in [1.54, 1.807) is 0 Å². The van der Waals surface area contributed by atoms with Crippen molar-refractivity contribution in [2.45, 2.75) is 58.3 Å². The Morgan fingerprint density at radius 3 is 1.96 bits per heavy atom. The SMILES string of the molecule is CCOP(=O)(OCC)C(F)(F)CC(NC(=O)OC(C)(C)C)C(=O)O. The molecule has 8 nitrogen and oxygen atoms in total. The Labute approximate surface area is 139 Å². The summed E-state index contributed by atoms with van der Waals surface area (Å²) in [5, 5.41) is 10.8. The summed E-state index contributed by atoms with van der Waals surface area (Å²) in [7, 11) is -4.89. The Hall–Kier alpha value is -1.25. The Bertz CT molecular complexity index is 483. The molecular weight excluding hydrogens is 351 g/mol. The summed E-state index contributed by atoms with van der Waals surface area (Å²) in [6.07, 6.45) is -2.66. The van der Waals surface area contributed by atoms with Crippen LogP contribution >= 0.6 is 7.60 Å². The lowest BCUT2D eigenvalue weighted by atomic mass is 10.2. The van der Waals surface area contributed by atoms with Gasteiger partial charge >= 0.3 is 25.3 Å². The van der Waals surface area contributed by atoms with E-state index in [0.717, 1.165) is 0 Å². The molecule has 2 N–H and O–H groups in total. The molecule has 0 aliphatic carbocycles. The molecule has 0 bridgehead atoms. The molecule has 0 aromatic carbocycles. The van der Waals surface area contributed by atoms with Crippen LogP contribution in [0.25, 0.3) is 0 Å². The van der Waals surface area contributed by atoms with Gasteiger partial charge in [0.25, 0.3) is 0 Å². The first kappa shape index (κ1) is 22.8. The number of carbonyl (C=O) groups is 2. The Balaban J connectivity index is 5.25. The molecule has 0 aromatic heterocycles. The molecule has 0 rings (SSSR count). The minimum absolute atomic E-state index is 0.315. The molecule has 0 fully saturated rings. The number of carbonyl (C=O) groups excluding carboxylic acids is 1. The number of ether oxygens (including phenoxy) is 1. The highest BCUT2D eigenvalue weighted by atomic mass is 31.2. The summed E-state index contributed by atoms with van der Waals surface area (Å²) in [5.74, 6) is -1.74. The maximum Gasteiger partial charge on any atom is 0.408 e. The highest BCUT2D eigenvalue weighted by Gasteiger charge is 2.55. The zero-order valence-electron chi connectivity index (χ0n) is 14.3. The third kappa shape index (κ3) is 7.11. The van der Waals surface area contributed by atoms with Gasteiger partial charge in [-0.1, -0.05) is 0 Å².